The van der Waals surface area contributed by atoms with E-state index in [4.69, 9.17) is 0 Å². The minimum atomic E-state index is 0. The summed E-state index contributed by atoms with van der Waals surface area (Å²) in [4.78, 5) is 0. The Balaban J connectivity index is -0.000000153. The van der Waals surface area contributed by atoms with Crippen molar-refractivity contribution in [3.05, 3.63) is 91.3 Å². The molecule has 0 atom stereocenters. The largest absolute Gasteiger partial charge is 3.00 e. The van der Waals surface area contributed by atoms with Crippen LogP contribution in [-0.2, 0) is 26.2 Å². The first kappa shape index (κ1) is 33.9. The first-order valence-electron chi connectivity index (χ1n) is 7.96. The van der Waals surface area contributed by atoms with Gasteiger partial charge in [0, 0.05) is 11.0 Å². The molecule has 27 heavy (non-hydrogen) atoms. The topological polar surface area (TPSA) is 0 Å². The van der Waals surface area contributed by atoms with Crippen molar-refractivity contribution in [2.45, 2.75) is 27.7 Å². The molecule has 0 aliphatic carbocycles. The van der Waals surface area contributed by atoms with Crippen molar-refractivity contribution in [2.24, 2.45) is 0 Å². The van der Waals surface area contributed by atoms with Crippen molar-refractivity contribution >= 4 is 57.3 Å². The first-order valence-corrected chi connectivity index (χ1v) is 7.96. The molecule has 5 radical (unpaired) electrons. The average molecular weight is 496 g/mol. The summed E-state index contributed by atoms with van der Waals surface area (Å²) in [5.74, 6) is 0. The molecular weight excluding hydrogens is 466 g/mol. The van der Waals surface area contributed by atoms with Crippen molar-refractivity contribution in [2.75, 3.05) is 0 Å². The van der Waals surface area contributed by atoms with Crippen LogP contribution < -0.4 is 0 Å². The molecule has 143 valence electrons. The maximum Gasteiger partial charge on any atom is 3.00 e. The van der Waals surface area contributed by atoms with Crippen molar-refractivity contribution in [3.8, 4) is 0 Å². The Morgan fingerprint density at radius 2 is 0.926 bits per heavy atom. The number of fused-ring (bicyclic) bond motifs is 2. The second kappa shape index (κ2) is 17.4. The SMILES string of the molecule is CC.Cc1cc2ccccc2[cH-]1.Cc1cc2ccccc2[cH-]1.Cl.Cl.[CH3-].[Si].[Zr+3]. The van der Waals surface area contributed by atoms with Gasteiger partial charge in [-0.15, -0.1) is 106 Å². The number of hydrogen-bond acceptors (Lipinski definition) is 0. The molecule has 0 aliphatic heterocycles. The van der Waals surface area contributed by atoms with Crippen LogP contribution in [0.5, 0.6) is 0 Å². The zero-order valence-corrected chi connectivity index (χ0v) is 21.8. The fourth-order valence-electron chi connectivity index (χ4n) is 2.61. The first-order chi connectivity index (χ1) is 10.7. The minimum Gasteiger partial charge on any atom is -0.358 e. The number of hydrogen-bond donors (Lipinski definition) is 0. The molecule has 4 aromatic rings. The molecule has 4 rings (SSSR count). The fourth-order valence-corrected chi connectivity index (χ4v) is 2.61. The Kier molecular flexibility index (Phi) is 21.9. The summed E-state index contributed by atoms with van der Waals surface area (Å²) in [6.07, 6.45) is 0. The summed E-state index contributed by atoms with van der Waals surface area (Å²) < 4.78 is 0. The fraction of sp³-hybridized carbons (Fsp3) is 0.174. The van der Waals surface area contributed by atoms with Gasteiger partial charge in [0.1, 0.15) is 0 Å². The van der Waals surface area contributed by atoms with Gasteiger partial charge >= 0.3 is 26.2 Å². The Morgan fingerprint density at radius 3 is 1.22 bits per heavy atom. The molecule has 0 heterocycles. The smallest absolute Gasteiger partial charge is 0.358 e. The summed E-state index contributed by atoms with van der Waals surface area (Å²) in [5, 5.41) is 5.39. The second-order valence-electron chi connectivity index (χ2n) is 5.32. The Hall–Kier alpha value is -0.660. The monoisotopic (exact) mass is 493 g/mol. The van der Waals surface area contributed by atoms with Crippen LogP contribution in [0.3, 0.4) is 0 Å². The molecule has 0 fully saturated rings. The summed E-state index contributed by atoms with van der Waals surface area (Å²) in [6, 6.07) is 25.7. The van der Waals surface area contributed by atoms with Gasteiger partial charge < -0.3 is 7.43 Å². The molecular formula is C23H29Cl2SiZr. The molecule has 0 bridgehead atoms. The summed E-state index contributed by atoms with van der Waals surface area (Å²) in [7, 11) is 0. The van der Waals surface area contributed by atoms with Crippen LogP contribution in [0.15, 0.2) is 72.8 Å². The van der Waals surface area contributed by atoms with Gasteiger partial charge in [0.15, 0.2) is 0 Å². The van der Waals surface area contributed by atoms with Crippen molar-refractivity contribution in [3.63, 3.8) is 0 Å². The third-order valence-corrected chi connectivity index (χ3v) is 3.52. The van der Waals surface area contributed by atoms with Crippen LogP contribution in [0.1, 0.15) is 25.0 Å². The minimum absolute atomic E-state index is 0. The molecule has 4 heteroatoms. The van der Waals surface area contributed by atoms with Gasteiger partial charge in [-0.1, -0.05) is 39.8 Å². The third kappa shape index (κ3) is 9.90. The average Bonchev–Trinajstić information content (AvgIpc) is 3.10. The van der Waals surface area contributed by atoms with Crippen molar-refractivity contribution < 1.29 is 26.2 Å². The van der Waals surface area contributed by atoms with Crippen LogP contribution in [0.25, 0.3) is 21.5 Å². The Morgan fingerprint density at radius 1 is 0.630 bits per heavy atom. The summed E-state index contributed by atoms with van der Waals surface area (Å²) in [5.41, 5.74) is 2.70. The van der Waals surface area contributed by atoms with E-state index in [1.54, 1.807) is 0 Å². The van der Waals surface area contributed by atoms with Gasteiger partial charge in [-0.25, -0.2) is 0 Å². The predicted molar refractivity (Wildman–Crippen MR) is 127 cm³/mol. The molecule has 0 saturated heterocycles. The normalized spacial score (nSPS) is 8.00. The molecule has 4 aromatic carbocycles. The van der Waals surface area contributed by atoms with Crippen LogP contribution in [0, 0.1) is 21.3 Å². The van der Waals surface area contributed by atoms with Crippen LogP contribution >= 0.6 is 24.8 Å². The standard InChI is InChI=1S/2C10H9.C2H6.CH3.2ClH.Si.Zr/c2*1-8-6-9-4-2-3-5-10(9)7-8;1-2;;;;;/h2*2-7H,1H3;1-2H3;1H3;2*1H;;/q2*-1;;-1;;;;+3. The molecule has 0 saturated carbocycles. The van der Waals surface area contributed by atoms with Crippen LogP contribution in [0.2, 0.25) is 0 Å². The number of aryl methyl sites for hydroxylation is 2. The van der Waals surface area contributed by atoms with E-state index in [1.165, 1.54) is 32.7 Å². The maximum atomic E-state index is 2.20. The van der Waals surface area contributed by atoms with E-state index in [9.17, 15) is 0 Å². The van der Waals surface area contributed by atoms with E-state index in [0.29, 0.717) is 0 Å². The second-order valence-corrected chi connectivity index (χ2v) is 5.32. The van der Waals surface area contributed by atoms with E-state index < -0.39 is 0 Å². The quantitative estimate of drug-likeness (QED) is 0.173. The molecule has 0 N–H and O–H groups in total. The van der Waals surface area contributed by atoms with E-state index in [2.05, 4.69) is 86.6 Å². The third-order valence-electron chi connectivity index (χ3n) is 3.52. The number of halogens is 2. The molecule has 0 unspecified atom stereocenters. The van der Waals surface area contributed by atoms with Gasteiger partial charge in [0.25, 0.3) is 0 Å². The molecule has 0 nitrogen and oxygen atoms in total. The molecule has 0 aromatic heterocycles. The van der Waals surface area contributed by atoms with E-state index >= 15 is 0 Å². The van der Waals surface area contributed by atoms with E-state index in [1.807, 2.05) is 13.8 Å². The molecule has 0 spiro atoms. The van der Waals surface area contributed by atoms with Gasteiger partial charge in [-0.2, -0.15) is 12.1 Å². The van der Waals surface area contributed by atoms with E-state index in [0.717, 1.165) is 0 Å². The zero-order valence-electron chi connectivity index (χ0n) is 16.7. The van der Waals surface area contributed by atoms with Gasteiger partial charge in [0.05, 0.1) is 0 Å². The summed E-state index contributed by atoms with van der Waals surface area (Å²) in [6.45, 7) is 8.25. The van der Waals surface area contributed by atoms with Gasteiger partial charge in [0.2, 0.25) is 0 Å². The molecule has 0 amide bonds. The number of benzene rings is 2. The van der Waals surface area contributed by atoms with Gasteiger partial charge in [-0.3, -0.25) is 0 Å². The Bertz CT molecular complexity index is 711. The Labute approximate surface area is 201 Å². The zero-order chi connectivity index (χ0) is 15.9. The van der Waals surface area contributed by atoms with Crippen LogP contribution in [0.4, 0.5) is 0 Å². The van der Waals surface area contributed by atoms with Crippen molar-refractivity contribution in [1.82, 2.24) is 0 Å². The van der Waals surface area contributed by atoms with Crippen molar-refractivity contribution in [1.29, 1.82) is 0 Å². The number of rotatable bonds is 0. The van der Waals surface area contributed by atoms with E-state index in [-0.39, 0.29) is 69.4 Å². The van der Waals surface area contributed by atoms with Gasteiger partial charge in [-0.05, 0) is 0 Å². The predicted octanol–water partition coefficient (Wildman–Crippen LogP) is 7.67. The summed E-state index contributed by atoms with van der Waals surface area (Å²) >= 11 is 0. The molecule has 0 aliphatic rings. The maximum absolute atomic E-state index is 2.20. The van der Waals surface area contributed by atoms with Crippen LogP contribution in [-0.4, -0.2) is 11.0 Å².